The van der Waals surface area contributed by atoms with Crippen LogP contribution in [0.25, 0.3) is 0 Å². The lowest BCUT2D eigenvalue weighted by atomic mass is 9.49. The second-order valence-corrected chi connectivity index (χ2v) is 9.25. The van der Waals surface area contributed by atoms with Gasteiger partial charge < -0.3 is 20.5 Å². The smallest absolute Gasteiger partial charge is 0.255 e. The first kappa shape index (κ1) is 19.4. The van der Waals surface area contributed by atoms with E-state index in [1.807, 2.05) is 0 Å². The first-order valence-electron chi connectivity index (χ1n) is 9.94. The van der Waals surface area contributed by atoms with Crippen molar-refractivity contribution in [1.82, 2.24) is 5.32 Å². The van der Waals surface area contributed by atoms with E-state index in [1.54, 1.807) is 6.07 Å². The predicted molar refractivity (Wildman–Crippen MR) is 106 cm³/mol. The molecular weight excluding hydrogens is 380 g/mol. The van der Waals surface area contributed by atoms with Gasteiger partial charge in [-0.3, -0.25) is 9.59 Å². The molecule has 0 heterocycles. The molecule has 0 aliphatic heterocycles. The number of primary amides is 1. The number of hydrogen-bond donors (Lipinski definition) is 2. The zero-order valence-corrected chi connectivity index (χ0v) is 16.9. The summed E-state index contributed by atoms with van der Waals surface area (Å²) in [6.45, 7) is 0.406. The van der Waals surface area contributed by atoms with Gasteiger partial charge in [0.1, 0.15) is 0 Å². The highest BCUT2D eigenvalue weighted by atomic mass is 35.5. The molecule has 152 valence electrons. The minimum Gasteiger partial charge on any atom is -0.493 e. The Morgan fingerprint density at radius 2 is 1.79 bits per heavy atom. The van der Waals surface area contributed by atoms with Crippen molar-refractivity contribution in [3.8, 4) is 11.5 Å². The van der Waals surface area contributed by atoms with Gasteiger partial charge in [0.15, 0.2) is 18.1 Å². The lowest BCUT2D eigenvalue weighted by Crippen LogP contribution is -2.51. The van der Waals surface area contributed by atoms with Gasteiger partial charge >= 0.3 is 0 Å². The number of nitrogens with two attached hydrogens (primary N) is 1. The molecule has 4 aliphatic carbocycles. The highest BCUT2D eigenvalue weighted by Gasteiger charge is 2.50. The second-order valence-electron chi connectivity index (χ2n) is 8.84. The summed E-state index contributed by atoms with van der Waals surface area (Å²) in [6.07, 6.45) is 7.86. The topological polar surface area (TPSA) is 90.7 Å². The molecule has 1 aromatic rings. The van der Waals surface area contributed by atoms with Gasteiger partial charge in [-0.15, -0.1) is 0 Å². The normalized spacial score (nSPS) is 30.1. The molecule has 4 fully saturated rings. The summed E-state index contributed by atoms with van der Waals surface area (Å²) in [5.41, 5.74) is 5.79. The third kappa shape index (κ3) is 3.79. The van der Waals surface area contributed by atoms with Gasteiger partial charge in [0, 0.05) is 12.1 Å². The molecule has 5 rings (SSSR count). The van der Waals surface area contributed by atoms with E-state index >= 15 is 0 Å². The average Bonchev–Trinajstić information content (AvgIpc) is 2.63. The van der Waals surface area contributed by atoms with Crippen molar-refractivity contribution in [1.29, 1.82) is 0 Å². The molecule has 28 heavy (non-hydrogen) atoms. The van der Waals surface area contributed by atoms with Crippen LogP contribution in [-0.4, -0.2) is 32.1 Å². The first-order chi connectivity index (χ1) is 13.4. The summed E-state index contributed by atoms with van der Waals surface area (Å²) < 4.78 is 10.6. The summed E-state index contributed by atoms with van der Waals surface area (Å²) >= 11 is 6.26. The van der Waals surface area contributed by atoms with E-state index in [0.29, 0.717) is 11.3 Å². The Labute approximate surface area is 170 Å². The fraction of sp³-hybridized carbons (Fsp3) is 0.619. The fourth-order valence-corrected chi connectivity index (χ4v) is 6.28. The van der Waals surface area contributed by atoms with Crippen LogP contribution in [-0.2, 0) is 4.79 Å². The van der Waals surface area contributed by atoms with Crippen molar-refractivity contribution in [3.05, 3.63) is 22.7 Å². The van der Waals surface area contributed by atoms with E-state index in [2.05, 4.69) is 5.32 Å². The highest BCUT2D eigenvalue weighted by Crippen LogP contribution is 2.59. The maximum Gasteiger partial charge on any atom is 0.255 e. The number of methoxy groups -OCH3 is 1. The van der Waals surface area contributed by atoms with Crippen molar-refractivity contribution in [3.63, 3.8) is 0 Å². The molecule has 4 bridgehead atoms. The zero-order valence-electron chi connectivity index (χ0n) is 16.1. The zero-order chi connectivity index (χ0) is 19.9. The average molecular weight is 407 g/mol. The molecule has 7 heteroatoms. The Morgan fingerprint density at radius 1 is 1.18 bits per heavy atom. The van der Waals surface area contributed by atoms with Gasteiger partial charge in [0.25, 0.3) is 11.8 Å². The summed E-state index contributed by atoms with van der Waals surface area (Å²) in [7, 11) is 1.46. The van der Waals surface area contributed by atoms with Crippen LogP contribution in [0, 0.1) is 23.2 Å². The molecule has 0 atom stereocenters. The monoisotopic (exact) mass is 406 g/mol. The minimum absolute atomic E-state index is 0.169. The summed E-state index contributed by atoms with van der Waals surface area (Å²) in [4.78, 5) is 23.8. The minimum atomic E-state index is -0.615. The van der Waals surface area contributed by atoms with Gasteiger partial charge in [-0.05, 0) is 73.8 Å². The van der Waals surface area contributed by atoms with Crippen LogP contribution in [0.5, 0.6) is 11.5 Å². The van der Waals surface area contributed by atoms with Gasteiger partial charge in [-0.1, -0.05) is 11.6 Å². The van der Waals surface area contributed by atoms with Crippen LogP contribution >= 0.6 is 11.6 Å². The van der Waals surface area contributed by atoms with E-state index in [0.717, 1.165) is 24.3 Å². The molecule has 0 spiro atoms. The van der Waals surface area contributed by atoms with E-state index < -0.39 is 5.91 Å². The highest BCUT2D eigenvalue weighted by molar-refractivity contribution is 6.32. The number of ether oxygens (including phenoxy) is 2. The molecule has 4 saturated carbocycles. The van der Waals surface area contributed by atoms with Crippen molar-refractivity contribution >= 4 is 23.4 Å². The number of carbonyl (C=O) groups is 2. The van der Waals surface area contributed by atoms with Crippen LogP contribution in [0.3, 0.4) is 0 Å². The summed E-state index contributed by atoms with van der Waals surface area (Å²) in [5.74, 6) is 2.26. The van der Waals surface area contributed by atoms with Gasteiger partial charge in [0.05, 0.1) is 12.1 Å². The van der Waals surface area contributed by atoms with Crippen molar-refractivity contribution in [2.24, 2.45) is 28.9 Å². The number of amides is 2. The number of nitrogens with one attached hydrogen (secondary N) is 1. The molecule has 0 unspecified atom stereocenters. The van der Waals surface area contributed by atoms with Gasteiger partial charge in [0.2, 0.25) is 0 Å². The lowest BCUT2D eigenvalue weighted by Gasteiger charge is -2.56. The SMILES string of the molecule is COc1cc(C(=O)NCC23CC4CC(CC(C4)C2)C3)cc(Cl)c1OCC(N)=O. The Morgan fingerprint density at radius 3 is 2.32 bits per heavy atom. The van der Waals surface area contributed by atoms with Gasteiger partial charge in [-0.25, -0.2) is 0 Å². The first-order valence-corrected chi connectivity index (χ1v) is 10.3. The van der Waals surface area contributed by atoms with Gasteiger partial charge in [-0.2, -0.15) is 0 Å². The molecule has 0 radical (unpaired) electrons. The quantitative estimate of drug-likeness (QED) is 0.727. The molecule has 0 saturated heterocycles. The van der Waals surface area contributed by atoms with Crippen molar-refractivity contribution in [2.45, 2.75) is 38.5 Å². The fourth-order valence-electron chi connectivity index (χ4n) is 6.01. The number of benzene rings is 1. The summed E-state index contributed by atoms with van der Waals surface area (Å²) in [5, 5.41) is 3.34. The Bertz CT molecular complexity index is 760. The molecule has 0 aromatic heterocycles. The third-order valence-electron chi connectivity index (χ3n) is 6.64. The number of hydrogen-bond acceptors (Lipinski definition) is 4. The molecule has 1 aromatic carbocycles. The molecule has 4 aliphatic rings. The Hall–Kier alpha value is -1.95. The molecule has 3 N–H and O–H groups in total. The number of rotatable bonds is 7. The Balaban J connectivity index is 1.45. The second kappa shape index (κ2) is 7.47. The van der Waals surface area contributed by atoms with Crippen LogP contribution < -0.4 is 20.5 Å². The largest absolute Gasteiger partial charge is 0.493 e. The number of halogens is 1. The predicted octanol–water partition coefficient (Wildman–Crippen LogP) is 3.16. The van der Waals surface area contributed by atoms with E-state index in [-0.39, 0.29) is 28.7 Å². The summed E-state index contributed by atoms with van der Waals surface area (Å²) in [6, 6.07) is 3.12. The molecular formula is C21H27ClN2O4. The van der Waals surface area contributed by atoms with Crippen molar-refractivity contribution < 1.29 is 19.1 Å². The van der Waals surface area contributed by atoms with E-state index in [9.17, 15) is 9.59 Å². The number of carbonyl (C=O) groups excluding carboxylic acids is 2. The van der Waals surface area contributed by atoms with Crippen LogP contribution in [0.4, 0.5) is 0 Å². The third-order valence-corrected chi connectivity index (χ3v) is 6.92. The molecule has 6 nitrogen and oxygen atoms in total. The molecule has 2 amide bonds. The van der Waals surface area contributed by atoms with E-state index in [1.165, 1.54) is 51.7 Å². The van der Waals surface area contributed by atoms with Crippen LogP contribution in [0.15, 0.2) is 12.1 Å². The maximum absolute atomic E-state index is 12.8. The van der Waals surface area contributed by atoms with Crippen LogP contribution in [0.1, 0.15) is 48.9 Å². The van der Waals surface area contributed by atoms with E-state index in [4.69, 9.17) is 26.8 Å². The lowest BCUT2D eigenvalue weighted by molar-refractivity contribution is -0.119. The maximum atomic E-state index is 12.8. The van der Waals surface area contributed by atoms with Crippen molar-refractivity contribution in [2.75, 3.05) is 20.3 Å². The van der Waals surface area contributed by atoms with Crippen LogP contribution in [0.2, 0.25) is 5.02 Å². The standard InChI is InChI=1S/C21H27ClN2O4/c1-27-17-6-15(5-16(22)19(17)28-10-18(23)25)20(26)24-11-21-7-12-2-13(8-21)4-14(3-12)9-21/h5-6,12-14H,2-4,7-11H2,1H3,(H2,23,25)(H,24,26). The Kier molecular flexibility index (Phi) is 5.17.